The highest BCUT2D eigenvalue weighted by atomic mass is 16.1. The lowest BCUT2D eigenvalue weighted by Gasteiger charge is -2.05. The molecule has 0 spiro atoms. The van der Waals surface area contributed by atoms with Crippen molar-refractivity contribution in [2.24, 2.45) is 0 Å². The molecule has 0 aliphatic carbocycles. The monoisotopic (exact) mass is 291 g/mol. The fraction of sp³-hybridized carbons (Fsp3) is 0.118. The Morgan fingerprint density at radius 2 is 2.05 bits per heavy atom. The molecule has 2 aromatic carbocycles. The number of benzene rings is 2. The van der Waals surface area contributed by atoms with Crippen molar-refractivity contribution < 1.29 is 4.79 Å². The number of para-hydroxylation sites is 1. The van der Waals surface area contributed by atoms with Crippen LogP contribution in [0.1, 0.15) is 12.5 Å². The lowest BCUT2D eigenvalue weighted by molar-refractivity contribution is -0.114. The van der Waals surface area contributed by atoms with Gasteiger partial charge in [-0.1, -0.05) is 12.1 Å². The van der Waals surface area contributed by atoms with E-state index < -0.39 is 0 Å². The van der Waals surface area contributed by atoms with Gasteiger partial charge < -0.3 is 5.32 Å². The van der Waals surface area contributed by atoms with E-state index in [2.05, 4.69) is 10.3 Å². The van der Waals surface area contributed by atoms with Crippen LogP contribution in [0.15, 0.2) is 47.3 Å². The van der Waals surface area contributed by atoms with E-state index in [0.717, 1.165) is 16.8 Å². The zero-order valence-corrected chi connectivity index (χ0v) is 12.0. The summed E-state index contributed by atoms with van der Waals surface area (Å²) in [6.45, 7) is 1.95. The number of anilines is 1. The van der Waals surface area contributed by atoms with Gasteiger partial charge in [-0.15, -0.1) is 0 Å². The fourth-order valence-corrected chi connectivity index (χ4v) is 2.91. The van der Waals surface area contributed by atoms with Crippen molar-refractivity contribution in [3.05, 3.63) is 58.4 Å². The number of aromatic nitrogens is 2. The smallest absolute Gasteiger partial charge is 0.261 e. The Hall–Kier alpha value is -2.95. The molecule has 0 radical (unpaired) electrons. The van der Waals surface area contributed by atoms with Gasteiger partial charge in [0.1, 0.15) is 5.82 Å². The number of carbonyl (C=O) groups excluding carboxylic acids is 1. The minimum atomic E-state index is -0.114. The van der Waals surface area contributed by atoms with Gasteiger partial charge in [0.15, 0.2) is 0 Å². The van der Waals surface area contributed by atoms with Crippen LogP contribution in [-0.4, -0.2) is 15.5 Å². The van der Waals surface area contributed by atoms with Gasteiger partial charge in [-0.3, -0.25) is 14.2 Å². The Labute approximate surface area is 126 Å². The first kappa shape index (κ1) is 12.8. The number of carbonyl (C=O) groups is 1. The van der Waals surface area contributed by atoms with Gasteiger partial charge in [-0.05, 0) is 35.9 Å². The van der Waals surface area contributed by atoms with E-state index in [9.17, 15) is 9.59 Å². The molecular weight excluding hydrogens is 278 g/mol. The number of hydrogen-bond acceptors (Lipinski definition) is 3. The molecule has 1 aromatic heterocycles. The quantitative estimate of drug-likeness (QED) is 0.585. The minimum absolute atomic E-state index is 0.0297. The van der Waals surface area contributed by atoms with Crippen molar-refractivity contribution in [3.63, 3.8) is 0 Å². The van der Waals surface area contributed by atoms with Crippen molar-refractivity contribution in [2.45, 2.75) is 13.5 Å². The highest BCUT2D eigenvalue weighted by Crippen LogP contribution is 2.31. The van der Waals surface area contributed by atoms with Gasteiger partial charge in [-0.2, -0.15) is 0 Å². The van der Waals surface area contributed by atoms with Crippen LogP contribution >= 0.6 is 0 Å². The van der Waals surface area contributed by atoms with Crippen LogP contribution in [0.3, 0.4) is 0 Å². The molecule has 0 atom stereocenters. The summed E-state index contributed by atoms with van der Waals surface area (Å²) < 4.78 is 1.69. The maximum absolute atomic E-state index is 12.6. The minimum Gasteiger partial charge on any atom is -0.326 e. The second kappa shape index (κ2) is 4.53. The van der Waals surface area contributed by atoms with Gasteiger partial charge in [0.05, 0.1) is 17.4 Å². The van der Waals surface area contributed by atoms with E-state index >= 15 is 0 Å². The van der Waals surface area contributed by atoms with E-state index in [1.165, 1.54) is 6.92 Å². The second-order valence-electron chi connectivity index (χ2n) is 5.40. The van der Waals surface area contributed by atoms with E-state index in [4.69, 9.17) is 0 Å². The Balaban J connectivity index is 1.91. The first-order chi connectivity index (χ1) is 10.6. The lowest BCUT2D eigenvalue weighted by atomic mass is 10.1. The maximum atomic E-state index is 12.6. The van der Waals surface area contributed by atoms with Crippen molar-refractivity contribution in [1.29, 1.82) is 0 Å². The SMILES string of the molecule is CC(=O)Nc1ccc2c(c1)Cn1c-2nc2ccccc2c1=O. The molecule has 1 aliphatic heterocycles. The summed E-state index contributed by atoms with van der Waals surface area (Å²) >= 11 is 0. The van der Waals surface area contributed by atoms with Crippen LogP contribution in [0.4, 0.5) is 5.69 Å². The molecule has 0 unspecified atom stereocenters. The third-order valence-corrected chi connectivity index (χ3v) is 3.86. The average Bonchev–Trinajstić information content (AvgIpc) is 2.85. The van der Waals surface area contributed by atoms with Gasteiger partial charge in [0.25, 0.3) is 5.56 Å². The van der Waals surface area contributed by atoms with E-state index in [0.29, 0.717) is 23.3 Å². The number of hydrogen-bond donors (Lipinski definition) is 1. The van der Waals surface area contributed by atoms with Crippen LogP contribution in [-0.2, 0) is 11.3 Å². The standard InChI is InChI=1S/C17H13N3O2/c1-10(21)18-12-6-7-13-11(8-12)9-20-16(13)19-15-5-3-2-4-14(15)17(20)22/h2-8H,9H2,1H3,(H,18,21). The summed E-state index contributed by atoms with van der Waals surface area (Å²) in [4.78, 5) is 28.4. The molecule has 0 saturated carbocycles. The third-order valence-electron chi connectivity index (χ3n) is 3.86. The number of rotatable bonds is 1. The maximum Gasteiger partial charge on any atom is 0.261 e. The van der Waals surface area contributed by atoms with Gasteiger partial charge in [-0.25, -0.2) is 4.98 Å². The Morgan fingerprint density at radius 3 is 2.86 bits per heavy atom. The number of amides is 1. The Kier molecular flexibility index (Phi) is 2.63. The molecule has 22 heavy (non-hydrogen) atoms. The summed E-state index contributed by atoms with van der Waals surface area (Å²) in [6.07, 6.45) is 0. The highest BCUT2D eigenvalue weighted by molar-refractivity contribution is 5.89. The molecule has 2 heterocycles. The molecule has 4 rings (SSSR count). The lowest BCUT2D eigenvalue weighted by Crippen LogP contribution is -2.20. The van der Waals surface area contributed by atoms with Crippen molar-refractivity contribution in [3.8, 4) is 11.4 Å². The van der Waals surface area contributed by atoms with Crippen LogP contribution in [0.5, 0.6) is 0 Å². The van der Waals surface area contributed by atoms with Crippen molar-refractivity contribution >= 4 is 22.5 Å². The predicted octanol–water partition coefficient (Wildman–Crippen LogP) is 2.38. The normalized spacial score (nSPS) is 12.0. The number of fused-ring (bicyclic) bond motifs is 4. The van der Waals surface area contributed by atoms with Gasteiger partial charge >= 0.3 is 0 Å². The molecule has 5 heteroatoms. The van der Waals surface area contributed by atoms with E-state index in [-0.39, 0.29) is 11.5 Å². The zero-order valence-electron chi connectivity index (χ0n) is 12.0. The summed E-state index contributed by atoms with van der Waals surface area (Å²) in [5, 5.41) is 3.39. The average molecular weight is 291 g/mol. The summed E-state index contributed by atoms with van der Waals surface area (Å²) in [5.41, 5.74) is 3.34. The summed E-state index contributed by atoms with van der Waals surface area (Å²) in [7, 11) is 0. The molecule has 1 N–H and O–H groups in total. The first-order valence-electron chi connectivity index (χ1n) is 7.04. The van der Waals surface area contributed by atoms with Gasteiger partial charge in [0, 0.05) is 18.2 Å². The molecular formula is C17H13N3O2. The molecule has 1 amide bonds. The Bertz CT molecular complexity index is 989. The molecule has 5 nitrogen and oxygen atoms in total. The molecule has 1 aliphatic rings. The molecule has 0 fully saturated rings. The molecule has 0 bridgehead atoms. The van der Waals surface area contributed by atoms with Crippen LogP contribution in [0.25, 0.3) is 22.3 Å². The molecule has 3 aromatic rings. The van der Waals surface area contributed by atoms with Crippen LogP contribution in [0.2, 0.25) is 0 Å². The van der Waals surface area contributed by atoms with Crippen molar-refractivity contribution in [2.75, 3.05) is 5.32 Å². The van der Waals surface area contributed by atoms with E-state index in [1.54, 1.807) is 10.6 Å². The third kappa shape index (κ3) is 1.83. The van der Waals surface area contributed by atoms with E-state index in [1.807, 2.05) is 36.4 Å². The summed E-state index contributed by atoms with van der Waals surface area (Å²) in [6, 6.07) is 13.0. The second-order valence-corrected chi connectivity index (χ2v) is 5.40. The number of nitrogens with one attached hydrogen (secondary N) is 1. The topological polar surface area (TPSA) is 64.0 Å². The highest BCUT2D eigenvalue weighted by Gasteiger charge is 2.22. The molecule has 0 saturated heterocycles. The largest absolute Gasteiger partial charge is 0.326 e. The molecule has 108 valence electrons. The zero-order chi connectivity index (χ0) is 15.3. The van der Waals surface area contributed by atoms with Crippen LogP contribution in [0, 0.1) is 0 Å². The first-order valence-corrected chi connectivity index (χ1v) is 7.04. The fourth-order valence-electron chi connectivity index (χ4n) is 2.91. The summed E-state index contributed by atoms with van der Waals surface area (Å²) in [5.74, 6) is 0.574. The predicted molar refractivity (Wildman–Crippen MR) is 84.8 cm³/mol. The van der Waals surface area contributed by atoms with Gasteiger partial charge in [0.2, 0.25) is 5.91 Å². The van der Waals surface area contributed by atoms with Crippen LogP contribution < -0.4 is 10.9 Å². The number of nitrogens with zero attached hydrogens (tertiary/aromatic N) is 2. The Morgan fingerprint density at radius 1 is 1.23 bits per heavy atom. The van der Waals surface area contributed by atoms with Crippen molar-refractivity contribution in [1.82, 2.24) is 9.55 Å².